The Balaban J connectivity index is 1.30. The molecule has 2 atom stereocenters. The highest BCUT2D eigenvalue weighted by Crippen LogP contribution is 2.35. The van der Waals surface area contributed by atoms with Crippen LogP contribution in [0.5, 0.6) is 0 Å². The fourth-order valence-corrected chi connectivity index (χ4v) is 6.31. The highest BCUT2D eigenvalue weighted by Gasteiger charge is 2.50. The van der Waals surface area contributed by atoms with Crippen LogP contribution in [-0.4, -0.2) is 90.6 Å². The maximum atomic E-state index is 15.3. The van der Waals surface area contributed by atoms with Gasteiger partial charge >= 0.3 is 6.09 Å². The average Bonchev–Trinajstić information content (AvgIpc) is 2.84. The molecule has 1 aromatic carbocycles. The number of nitrogens with zero attached hydrogens (tertiary/aromatic N) is 3. The van der Waals surface area contributed by atoms with E-state index in [9.17, 15) is 14.4 Å². The minimum absolute atomic E-state index is 0.0829. The van der Waals surface area contributed by atoms with Gasteiger partial charge in [0.05, 0.1) is 18.3 Å². The van der Waals surface area contributed by atoms with Crippen LogP contribution >= 0.6 is 0 Å². The lowest BCUT2D eigenvalue weighted by molar-refractivity contribution is -0.133. The van der Waals surface area contributed by atoms with E-state index in [0.29, 0.717) is 50.4 Å². The Bertz CT molecular complexity index is 1150. The number of likely N-dealkylation sites (tertiary alicyclic amines) is 1. The zero-order chi connectivity index (χ0) is 30.2. The number of halogens is 3. The van der Waals surface area contributed by atoms with Gasteiger partial charge < -0.3 is 19.9 Å². The number of hydrogen-bond donors (Lipinski definition) is 2. The molecule has 228 valence electrons. The molecule has 0 radical (unpaired) electrons. The lowest BCUT2D eigenvalue weighted by Gasteiger charge is -2.46. The molecule has 3 fully saturated rings. The van der Waals surface area contributed by atoms with Gasteiger partial charge in [0.15, 0.2) is 0 Å². The molecule has 3 heterocycles. The summed E-state index contributed by atoms with van der Waals surface area (Å²) in [6.45, 7) is 10.6. The average molecular weight is 582 g/mol. The van der Waals surface area contributed by atoms with E-state index in [-0.39, 0.29) is 30.7 Å². The van der Waals surface area contributed by atoms with E-state index in [1.807, 2.05) is 25.7 Å². The van der Waals surface area contributed by atoms with Crippen LogP contribution in [0.25, 0.3) is 0 Å². The van der Waals surface area contributed by atoms with E-state index < -0.39 is 48.0 Å². The number of piperazine rings is 1. The Kier molecular flexibility index (Phi) is 8.82. The van der Waals surface area contributed by atoms with Crippen molar-refractivity contribution >= 4 is 29.3 Å². The summed E-state index contributed by atoms with van der Waals surface area (Å²) in [4.78, 5) is 40.7. The molecule has 12 heteroatoms. The lowest BCUT2D eigenvalue weighted by Crippen LogP contribution is -2.63. The van der Waals surface area contributed by atoms with Crippen LogP contribution < -0.4 is 15.5 Å². The minimum atomic E-state index is -3.11. The zero-order valence-electron chi connectivity index (χ0n) is 24.6. The highest BCUT2D eigenvalue weighted by molar-refractivity contribution is 6.01. The van der Waals surface area contributed by atoms with Crippen LogP contribution in [-0.2, 0) is 14.3 Å². The van der Waals surface area contributed by atoms with Gasteiger partial charge in [-0.2, -0.15) is 0 Å². The number of anilines is 2. The van der Waals surface area contributed by atoms with Gasteiger partial charge in [0, 0.05) is 44.8 Å². The standard InChI is InChI=1S/C29H42F3N5O4/c1-27(2,3)17-28(4,5)41-26(40)37-11-10-23(29(31,32)18-37)36-14-12-35(13-15-36)22-8-6-19(16-20(22)30)33-21-7-9-24(38)34-25(21)39/h6,8,16,21,23,33H,7,9-15,17-18H2,1-5H3,(H,34,38,39). The SMILES string of the molecule is CC(C)(C)CC(C)(C)OC(=O)N1CCC(N2CCN(c3ccc(NC4CCC(=O)NC4=O)cc3F)CC2)C(F)(F)C1. The molecule has 2 N–H and O–H groups in total. The summed E-state index contributed by atoms with van der Waals surface area (Å²) in [6.07, 6.45) is 0.551. The fourth-order valence-electron chi connectivity index (χ4n) is 6.31. The van der Waals surface area contributed by atoms with Crippen molar-refractivity contribution in [3.8, 4) is 0 Å². The second-order valence-corrected chi connectivity index (χ2v) is 13.2. The second kappa shape index (κ2) is 11.7. The van der Waals surface area contributed by atoms with Gasteiger partial charge in [-0.05, 0) is 56.7 Å². The van der Waals surface area contributed by atoms with E-state index in [4.69, 9.17) is 4.74 Å². The minimum Gasteiger partial charge on any atom is -0.443 e. The van der Waals surface area contributed by atoms with E-state index in [1.54, 1.807) is 30.9 Å². The molecule has 41 heavy (non-hydrogen) atoms. The molecule has 4 rings (SSSR count). The fraction of sp³-hybridized carbons (Fsp3) is 0.690. The smallest absolute Gasteiger partial charge is 0.410 e. The summed E-state index contributed by atoms with van der Waals surface area (Å²) in [7, 11) is 0. The maximum Gasteiger partial charge on any atom is 0.410 e. The van der Waals surface area contributed by atoms with Crippen molar-refractivity contribution in [2.45, 2.75) is 83.9 Å². The molecule has 1 aromatic rings. The Morgan fingerprint density at radius 3 is 2.34 bits per heavy atom. The van der Waals surface area contributed by atoms with Crippen LogP contribution in [0.4, 0.5) is 29.3 Å². The summed E-state index contributed by atoms with van der Waals surface area (Å²) in [5, 5.41) is 5.23. The molecule has 0 aromatic heterocycles. The number of carbonyl (C=O) groups is 3. The Hall–Kier alpha value is -3.02. The summed E-state index contributed by atoms with van der Waals surface area (Å²) in [5.74, 6) is -4.36. The van der Waals surface area contributed by atoms with Gasteiger partial charge in [-0.3, -0.25) is 19.8 Å². The number of alkyl halides is 2. The van der Waals surface area contributed by atoms with E-state index >= 15 is 13.2 Å². The predicted octanol–water partition coefficient (Wildman–Crippen LogP) is 4.23. The quantitative estimate of drug-likeness (QED) is 0.486. The van der Waals surface area contributed by atoms with Crippen molar-refractivity contribution in [2.24, 2.45) is 5.41 Å². The molecule has 3 aliphatic rings. The number of amides is 3. The first-order valence-electron chi connectivity index (χ1n) is 14.3. The van der Waals surface area contributed by atoms with Gasteiger partial charge in [-0.15, -0.1) is 0 Å². The molecule has 3 aliphatic heterocycles. The van der Waals surface area contributed by atoms with Crippen molar-refractivity contribution in [3.63, 3.8) is 0 Å². The molecule has 0 bridgehead atoms. The Morgan fingerprint density at radius 1 is 1.07 bits per heavy atom. The van der Waals surface area contributed by atoms with Crippen molar-refractivity contribution in [1.82, 2.24) is 15.1 Å². The Morgan fingerprint density at radius 2 is 1.76 bits per heavy atom. The largest absolute Gasteiger partial charge is 0.443 e. The van der Waals surface area contributed by atoms with E-state index in [2.05, 4.69) is 10.6 Å². The van der Waals surface area contributed by atoms with Crippen LogP contribution in [0.15, 0.2) is 18.2 Å². The first-order chi connectivity index (χ1) is 19.0. The molecule has 3 amide bonds. The van der Waals surface area contributed by atoms with Gasteiger partial charge in [-0.1, -0.05) is 20.8 Å². The van der Waals surface area contributed by atoms with Crippen molar-refractivity contribution < 1.29 is 32.3 Å². The number of benzene rings is 1. The number of ether oxygens (including phenoxy) is 1. The number of piperidine rings is 2. The predicted molar refractivity (Wildman–Crippen MR) is 150 cm³/mol. The summed E-state index contributed by atoms with van der Waals surface area (Å²) < 4.78 is 51.3. The maximum absolute atomic E-state index is 15.3. The van der Waals surface area contributed by atoms with Crippen LogP contribution in [0.2, 0.25) is 0 Å². The van der Waals surface area contributed by atoms with E-state index in [1.165, 1.54) is 6.07 Å². The Labute approximate surface area is 239 Å². The van der Waals surface area contributed by atoms with Gasteiger partial charge in [0.25, 0.3) is 5.92 Å². The molecule has 2 unspecified atom stereocenters. The molecular formula is C29H42F3N5O4. The lowest BCUT2D eigenvalue weighted by atomic mass is 9.84. The molecule has 9 nitrogen and oxygen atoms in total. The van der Waals surface area contributed by atoms with Crippen LogP contribution in [0.1, 0.15) is 60.3 Å². The molecule has 0 spiro atoms. The normalized spacial score (nSPS) is 24.2. The first-order valence-corrected chi connectivity index (χ1v) is 14.3. The van der Waals surface area contributed by atoms with Crippen LogP contribution in [0, 0.1) is 11.2 Å². The monoisotopic (exact) mass is 581 g/mol. The summed E-state index contributed by atoms with van der Waals surface area (Å²) in [5.41, 5.74) is -0.0703. The van der Waals surface area contributed by atoms with Crippen molar-refractivity contribution in [1.29, 1.82) is 0 Å². The van der Waals surface area contributed by atoms with Crippen LogP contribution in [0.3, 0.4) is 0 Å². The molecule has 0 saturated carbocycles. The summed E-state index contributed by atoms with van der Waals surface area (Å²) in [6, 6.07) is 2.95. The third-order valence-electron chi connectivity index (χ3n) is 7.76. The number of rotatable bonds is 6. The second-order valence-electron chi connectivity index (χ2n) is 13.2. The van der Waals surface area contributed by atoms with Crippen molar-refractivity contribution in [3.05, 3.63) is 24.0 Å². The molecule has 3 saturated heterocycles. The number of nitrogens with one attached hydrogen (secondary N) is 2. The third kappa shape index (κ3) is 7.84. The number of imide groups is 1. The topological polar surface area (TPSA) is 94.2 Å². The van der Waals surface area contributed by atoms with Gasteiger partial charge in [0.1, 0.15) is 17.5 Å². The zero-order valence-corrected chi connectivity index (χ0v) is 24.6. The van der Waals surface area contributed by atoms with E-state index in [0.717, 1.165) is 4.90 Å². The molecular weight excluding hydrogens is 539 g/mol. The van der Waals surface area contributed by atoms with Gasteiger partial charge in [0.2, 0.25) is 11.8 Å². The third-order valence-corrected chi connectivity index (χ3v) is 7.76. The first kappa shape index (κ1) is 30.9. The number of hydrogen-bond acceptors (Lipinski definition) is 7. The molecule has 0 aliphatic carbocycles. The number of carbonyl (C=O) groups excluding carboxylic acids is 3. The summed E-state index contributed by atoms with van der Waals surface area (Å²) >= 11 is 0. The highest BCUT2D eigenvalue weighted by atomic mass is 19.3. The van der Waals surface area contributed by atoms with Gasteiger partial charge in [-0.25, -0.2) is 18.0 Å². The van der Waals surface area contributed by atoms with Crippen molar-refractivity contribution in [2.75, 3.05) is 49.5 Å².